The van der Waals surface area contributed by atoms with Crippen LogP contribution < -0.4 is 15.2 Å². The molecule has 8 heteroatoms. The molecule has 0 saturated carbocycles. The van der Waals surface area contributed by atoms with Crippen LogP contribution >= 0.6 is 0 Å². The number of nitrogens with zero attached hydrogens (tertiary/aromatic N) is 6. The first kappa shape index (κ1) is 21.4. The van der Waals surface area contributed by atoms with Gasteiger partial charge in [0.05, 0.1) is 12.6 Å². The molecule has 0 N–H and O–H groups in total. The van der Waals surface area contributed by atoms with Gasteiger partial charge in [-0.2, -0.15) is 5.26 Å². The second-order valence-corrected chi connectivity index (χ2v) is 7.97. The molecule has 0 amide bonds. The summed E-state index contributed by atoms with van der Waals surface area (Å²) in [5, 5.41) is 9.80. The lowest BCUT2D eigenvalue weighted by Gasteiger charge is -2.41. The Morgan fingerprint density at radius 2 is 2.12 bits per heavy atom. The van der Waals surface area contributed by atoms with Crippen LogP contribution in [0.4, 0.5) is 11.5 Å². The fraction of sp³-hybridized carbons (Fsp3) is 0.333. The average molecular weight is 428 g/mol. The molecule has 4 rings (SSSR count). The first-order valence-corrected chi connectivity index (χ1v) is 10.4. The topological polar surface area (TPSA) is 78.8 Å². The fourth-order valence-corrected chi connectivity index (χ4v) is 4.29. The molecule has 1 saturated heterocycles. The Labute approximate surface area is 186 Å². The van der Waals surface area contributed by atoms with Crippen LogP contribution in [0.1, 0.15) is 18.1 Å². The molecular formula is C24H24N6O2. The van der Waals surface area contributed by atoms with Crippen molar-refractivity contribution in [2.75, 3.05) is 31.6 Å². The van der Waals surface area contributed by atoms with Crippen molar-refractivity contribution < 1.29 is 4.74 Å². The van der Waals surface area contributed by atoms with Crippen molar-refractivity contribution in [2.24, 2.45) is 7.05 Å². The number of anilines is 1. The molecule has 162 valence electrons. The summed E-state index contributed by atoms with van der Waals surface area (Å²) < 4.78 is 6.77. The predicted molar refractivity (Wildman–Crippen MR) is 123 cm³/mol. The predicted octanol–water partition coefficient (Wildman–Crippen LogP) is 3.08. The van der Waals surface area contributed by atoms with Crippen molar-refractivity contribution in [1.29, 1.82) is 5.26 Å². The van der Waals surface area contributed by atoms with Crippen LogP contribution in [0.15, 0.2) is 41.2 Å². The van der Waals surface area contributed by atoms with E-state index >= 15 is 0 Å². The number of nitriles is 1. The van der Waals surface area contributed by atoms with Gasteiger partial charge in [0.25, 0.3) is 11.4 Å². The Morgan fingerprint density at radius 3 is 2.81 bits per heavy atom. The summed E-state index contributed by atoms with van der Waals surface area (Å²) in [6.45, 7) is 12.3. The van der Waals surface area contributed by atoms with Crippen LogP contribution in [0.5, 0.6) is 5.75 Å². The number of hydrogen-bond acceptors (Lipinski definition) is 6. The first-order chi connectivity index (χ1) is 15.5. The number of piperazine rings is 1. The van der Waals surface area contributed by atoms with Crippen LogP contribution in [-0.2, 0) is 13.6 Å². The monoisotopic (exact) mass is 428 g/mol. The van der Waals surface area contributed by atoms with Gasteiger partial charge in [-0.05, 0) is 36.8 Å². The summed E-state index contributed by atoms with van der Waals surface area (Å²) >= 11 is 0. The normalized spacial score (nSPS) is 16.5. The first-order valence-electron chi connectivity index (χ1n) is 10.4. The quantitative estimate of drug-likeness (QED) is 0.595. The average Bonchev–Trinajstić information content (AvgIpc) is 2.82. The lowest BCUT2D eigenvalue weighted by molar-refractivity contribution is 0.181. The van der Waals surface area contributed by atoms with Gasteiger partial charge in [-0.3, -0.25) is 9.69 Å². The van der Waals surface area contributed by atoms with Crippen LogP contribution in [-0.4, -0.2) is 47.2 Å². The van der Waals surface area contributed by atoms with E-state index in [1.807, 2.05) is 18.2 Å². The van der Waals surface area contributed by atoms with Crippen molar-refractivity contribution in [1.82, 2.24) is 14.5 Å². The Kier molecular flexibility index (Phi) is 5.81. The van der Waals surface area contributed by atoms with Gasteiger partial charge in [-0.1, -0.05) is 18.7 Å². The van der Waals surface area contributed by atoms with E-state index in [9.17, 15) is 10.1 Å². The zero-order chi connectivity index (χ0) is 22.8. The molecule has 1 atom stereocenters. The highest BCUT2D eigenvalue weighted by atomic mass is 16.5. The largest absolute Gasteiger partial charge is 0.497 e. The van der Waals surface area contributed by atoms with E-state index < -0.39 is 0 Å². The number of benzene rings is 1. The second-order valence-electron chi connectivity index (χ2n) is 7.97. The van der Waals surface area contributed by atoms with E-state index in [0.29, 0.717) is 29.8 Å². The third-order valence-electron chi connectivity index (χ3n) is 6.03. The summed E-state index contributed by atoms with van der Waals surface area (Å²) in [5.41, 5.74) is 2.56. The molecule has 2 aromatic heterocycles. The molecule has 0 unspecified atom stereocenters. The molecule has 32 heavy (non-hydrogen) atoms. The Balaban J connectivity index is 1.69. The number of aryl methyl sites for hydroxylation is 1. The zero-order valence-electron chi connectivity index (χ0n) is 18.4. The summed E-state index contributed by atoms with van der Waals surface area (Å²) in [5.74, 6) is 1.08. The van der Waals surface area contributed by atoms with Crippen molar-refractivity contribution in [2.45, 2.75) is 19.5 Å². The van der Waals surface area contributed by atoms with Gasteiger partial charge in [-0.15, -0.1) is 4.98 Å². The fourth-order valence-electron chi connectivity index (χ4n) is 4.29. The summed E-state index contributed by atoms with van der Waals surface area (Å²) in [6.07, 6.45) is 0. The minimum absolute atomic E-state index is 0.0723. The van der Waals surface area contributed by atoms with Crippen LogP contribution in [0.3, 0.4) is 0 Å². The van der Waals surface area contributed by atoms with E-state index in [2.05, 4.69) is 38.7 Å². The number of ether oxygens (including phenoxy) is 1. The number of hydrogen-bond donors (Lipinski definition) is 0. The van der Waals surface area contributed by atoms with Crippen molar-refractivity contribution >= 4 is 22.5 Å². The van der Waals surface area contributed by atoms with Crippen LogP contribution in [0.25, 0.3) is 15.9 Å². The van der Waals surface area contributed by atoms with E-state index in [1.165, 1.54) is 10.1 Å². The molecule has 0 bridgehead atoms. The standard InChI is InChI=1S/C24H24N6O2/c1-16-14-30(11-10-29(16)15-17-6-5-7-18(12-17)32-4)23-19(13-25)24(31)28(3)20-8-9-21(26-2)27-22(20)23/h5-9,12,16H,10-11,14-15H2,1,3-4H3/t16-/m1/s1. The van der Waals surface area contributed by atoms with E-state index in [0.717, 1.165) is 18.8 Å². The maximum absolute atomic E-state index is 12.9. The van der Waals surface area contributed by atoms with Crippen LogP contribution in [0.2, 0.25) is 0 Å². The molecule has 1 aliphatic heterocycles. The molecule has 0 aliphatic carbocycles. The number of pyridine rings is 2. The molecular weight excluding hydrogens is 404 g/mol. The summed E-state index contributed by atoms with van der Waals surface area (Å²) in [7, 11) is 3.29. The van der Waals surface area contributed by atoms with Gasteiger partial charge in [0.15, 0.2) is 0 Å². The molecule has 8 nitrogen and oxygen atoms in total. The summed E-state index contributed by atoms with van der Waals surface area (Å²) in [4.78, 5) is 25.2. The highest BCUT2D eigenvalue weighted by molar-refractivity contribution is 5.92. The zero-order valence-corrected chi connectivity index (χ0v) is 18.4. The number of fused-ring (bicyclic) bond motifs is 1. The third kappa shape index (κ3) is 3.77. The number of aromatic nitrogens is 2. The summed E-state index contributed by atoms with van der Waals surface area (Å²) in [6, 6.07) is 13.6. The molecule has 0 spiro atoms. The minimum Gasteiger partial charge on any atom is -0.497 e. The van der Waals surface area contributed by atoms with Crippen LogP contribution in [0, 0.1) is 17.9 Å². The lowest BCUT2D eigenvalue weighted by Crippen LogP contribution is -2.52. The number of methoxy groups -OCH3 is 1. The highest BCUT2D eigenvalue weighted by Gasteiger charge is 2.30. The van der Waals surface area contributed by atoms with Gasteiger partial charge in [0.1, 0.15) is 23.1 Å². The van der Waals surface area contributed by atoms with Gasteiger partial charge in [-0.25, -0.2) is 0 Å². The highest BCUT2D eigenvalue weighted by Crippen LogP contribution is 2.31. The number of rotatable bonds is 4. The smallest absolute Gasteiger partial charge is 0.271 e. The third-order valence-corrected chi connectivity index (χ3v) is 6.03. The Hall–Kier alpha value is -3.88. The molecule has 1 aromatic carbocycles. The van der Waals surface area contributed by atoms with Gasteiger partial charge in [0.2, 0.25) is 5.52 Å². The minimum atomic E-state index is -0.348. The van der Waals surface area contributed by atoms with Crippen molar-refractivity contribution in [3.63, 3.8) is 0 Å². The van der Waals surface area contributed by atoms with Gasteiger partial charge in [0, 0.05) is 39.3 Å². The second kappa shape index (κ2) is 8.70. The maximum atomic E-state index is 12.9. The molecule has 1 fully saturated rings. The SMILES string of the molecule is [C-]#[N+]c1ccc2c(n1)c(N1CCN(Cc3cccc(OC)c3)[C@H](C)C1)c(C#N)c(=O)n2C. The Bertz CT molecular complexity index is 1320. The van der Waals surface area contributed by atoms with Gasteiger partial charge >= 0.3 is 0 Å². The van der Waals surface area contributed by atoms with E-state index in [-0.39, 0.29) is 23.0 Å². The van der Waals surface area contributed by atoms with E-state index in [1.54, 1.807) is 26.3 Å². The molecule has 1 aliphatic rings. The Morgan fingerprint density at radius 1 is 1.31 bits per heavy atom. The molecule has 0 radical (unpaired) electrons. The maximum Gasteiger partial charge on any atom is 0.271 e. The molecule has 3 aromatic rings. The molecule has 3 heterocycles. The lowest BCUT2D eigenvalue weighted by atomic mass is 10.1. The van der Waals surface area contributed by atoms with Gasteiger partial charge < -0.3 is 19.0 Å². The van der Waals surface area contributed by atoms with Crippen molar-refractivity contribution in [3.05, 3.63) is 69.3 Å². The van der Waals surface area contributed by atoms with Crippen molar-refractivity contribution in [3.8, 4) is 11.8 Å². The van der Waals surface area contributed by atoms with E-state index in [4.69, 9.17) is 11.3 Å².